The molecule has 2 N–H and O–H groups in total. The molecule has 2 heterocycles. The minimum Gasteiger partial charge on any atom is -0.381 e. The molecule has 1 fully saturated rings. The van der Waals surface area contributed by atoms with Crippen molar-refractivity contribution in [2.24, 2.45) is 0 Å². The maximum atomic E-state index is 12.1. The van der Waals surface area contributed by atoms with Crippen LogP contribution in [0.1, 0.15) is 23.2 Å². The molecule has 0 bridgehead atoms. The molecule has 3 rings (SSSR count). The summed E-state index contributed by atoms with van der Waals surface area (Å²) < 4.78 is 5.27. The molecule has 5 heteroatoms. The van der Waals surface area contributed by atoms with Crippen LogP contribution in [0.3, 0.4) is 0 Å². The van der Waals surface area contributed by atoms with Crippen LogP contribution in [0.4, 0.5) is 0 Å². The molecule has 1 aromatic carbocycles. The monoisotopic (exact) mass is 245 g/mol. The summed E-state index contributed by atoms with van der Waals surface area (Å²) in [6.45, 7) is 1.46. The number of aromatic amines is 1. The number of ether oxygens (including phenoxy) is 1. The van der Waals surface area contributed by atoms with E-state index in [1.807, 2.05) is 18.2 Å². The summed E-state index contributed by atoms with van der Waals surface area (Å²) in [7, 11) is 0. The summed E-state index contributed by atoms with van der Waals surface area (Å²) in [6, 6.07) is 5.77. The van der Waals surface area contributed by atoms with Gasteiger partial charge in [-0.1, -0.05) is 0 Å². The molecule has 1 aromatic heterocycles. The van der Waals surface area contributed by atoms with Gasteiger partial charge in [0.1, 0.15) is 0 Å². The molecule has 1 saturated heterocycles. The highest BCUT2D eigenvalue weighted by atomic mass is 16.5. The molecule has 0 aliphatic carbocycles. The second kappa shape index (κ2) is 4.78. The van der Waals surface area contributed by atoms with Gasteiger partial charge < -0.3 is 10.1 Å². The van der Waals surface area contributed by atoms with Gasteiger partial charge in [0.25, 0.3) is 5.91 Å². The van der Waals surface area contributed by atoms with Crippen LogP contribution in [0.2, 0.25) is 0 Å². The maximum Gasteiger partial charge on any atom is 0.251 e. The topological polar surface area (TPSA) is 67.0 Å². The molecule has 0 saturated carbocycles. The molecule has 1 amide bonds. The largest absolute Gasteiger partial charge is 0.381 e. The molecule has 1 aliphatic rings. The SMILES string of the molecule is O=C(NC1CCOCC1)c1ccc2[nH]ncc2c1. The number of nitrogens with one attached hydrogen (secondary N) is 2. The van der Waals surface area contributed by atoms with E-state index in [1.165, 1.54) is 0 Å². The van der Waals surface area contributed by atoms with Crippen molar-refractivity contribution in [3.8, 4) is 0 Å². The van der Waals surface area contributed by atoms with Crippen LogP contribution in [0.5, 0.6) is 0 Å². The zero-order valence-electron chi connectivity index (χ0n) is 9.98. The third-order valence-electron chi connectivity index (χ3n) is 3.26. The van der Waals surface area contributed by atoms with Crippen molar-refractivity contribution in [1.82, 2.24) is 15.5 Å². The quantitative estimate of drug-likeness (QED) is 0.842. The lowest BCUT2D eigenvalue weighted by Crippen LogP contribution is -2.38. The predicted molar refractivity (Wildman–Crippen MR) is 67.4 cm³/mol. The van der Waals surface area contributed by atoms with Crippen molar-refractivity contribution in [3.63, 3.8) is 0 Å². The summed E-state index contributed by atoms with van der Waals surface area (Å²) in [5, 5.41) is 10.8. The third kappa shape index (κ3) is 2.22. The zero-order chi connectivity index (χ0) is 12.4. The second-order valence-corrected chi connectivity index (χ2v) is 4.53. The average molecular weight is 245 g/mol. The number of benzene rings is 1. The number of aromatic nitrogens is 2. The Bertz CT molecular complexity index is 558. The molecule has 1 aliphatic heterocycles. The number of hydrogen-bond donors (Lipinski definition) is 2. The normalized spacial score (nSPS) is 16.9. The van der Waals surface area contributed by atoms with Crippen LogP contribution in [-0.2, 0) is 4.74 Å². The Morgan fingerprint density at radius 2 is 2.22 bits per heavy atom. The molecule has 94 valence electrons. The summed E-state index contributed by atoms with van der Waals surface area (Å²) in [5.41, 5.74) is 1.62. The van der Waals surface area contributed by atoms with Gasteiger partial charge in [-0.2, -0.15) is 5.10 Å². The van der Waals surface area contributed by atoms with E-state index in [4.69, 9.17) is 4.74 Å². The number of hydrogen-bond acceptors (Lipinski definition) is 3. The highest BCUT2D eigenvalue weighted by Gasteiger charge is 2.17. The molecule has 5 nitrogen and oxygen atoms in total. The Hall–Kier alpha value is -1.88. The van der Waals surface area contributed by atoms with E-state index in [1.54, 1.807) is 6.20 Å². The Labute approximate surface area is 105 Å². The molecule has 0 atom stereocenters. The zero-order valence-corrected chi connectivity index (χ0v) is 9.98. The number of nitrogens with zero attached hydrogens (tertiary/aromatic N) is 1. The lowest BCUT2D eigenvalue weighted by Gasteiger charge is -2.23. The van der Waals surface area contributed by atoms with Gasteiger partial charge in [0.15, 0.2) is 0 Å². The van der Waals surface area contributed by atoms with Crippen LogP contribution in [-0.4, -0.2) is 35.4 Å². The minimum absolute atomic E-state index is 0.0231. The first kappa shape index (κ1) is 11.2. The number of carbonyl (C=O) groups is 1. The molecule has 2 aromatic rings. The summed E-state index contributed by atoms with van der Waals surface area (Å²) in [6.07, 6.45) is 3.50. The Kier molecular flexibility index (Phi) is 2.98. The van der Waals surface area contributed by atoms with Gasteiger partial charge in [0, 0.05) is 30.2 Å². The van der Waals surface area contributed by atoms with Crippen LogP contribution in [0, 0.1) is 0 Å². The smallest absolute Gasteiger partial charge is 0.251 e. The molecule has 18 heavy (non-hydrogen) atoms. The molecule has 0 unspecified atom stereocenters. The number of H-pyrrole nitrogens is 1. The summed E-state index contributed by atoms with van der Waals surface area (Å²) in [4.78, 5) is 12.1. The number of carbonyl (C=O) groups excluding carboxylic acids is 1. The summed E-state index contributed by atoms with van der Waals surface area (Å²) in [5.74, 6) is -0.0231. The first-order chi connectivity index (χ1) is 8.83. The van der Waals surface area contributed by atoms with E-state index in [0.29, 0.717) is 5.56 Å². The predicted octanol–water partition coefficient (Wildman–Crippen LogP) is 1.47. The van der Waals surface area contributed by atoms with Gasteiger partial charge in [-0.15, -0.1) is 0 Å². The molecular weight excluding hydrogens is 230 g/mol. The van der Waals surface area contributed by atoms with Crippen molar-refractivity contribution >= 4 is 16.8 Å². The standard InChI is InChI=1S/C13H15N3O2/c17-13(15-11-3-5-18-6-4-11)9-1-2-12-10(7-9)8-14-16-12/h1-2,7-8,11H,3-6H2,(H,14,16)(H,15,17). The van der Waals surface area contributed by atoms with Crippen LogP contribution >= 0.6 is 0 Å². The Morgan fingerprint density at radius 1 is 1.39 bits per heavy atom. The van der Waals surface area contributed by atoms with Crippen LogP contribution < -0.4 is 5.32 Å². The summed E-state index contributed by atoms with van der Waals surface area (Å²) >= 11 is 0. The van der Waals surface area contributed by atoms with E-state index >= 15 is 0 Å². The highest BCUT2D eigenvalue weighted by Crippen LogP contribution is 2.14. The second-order valence-electron chi connectivity index (χ2n) is 4.53. The van der Waals surface area contributed by atoms with E-state index < -0.39 is 0 Å². The van der Waals surface area contributed by atoms with Gasteiger partial charge in [-0.05, 0) is 31.0 Å². The minimum atomic E-state index is -0.0231. The first-order valence-electron chi connectivity index (χ1n) is 6.15. The number of rotatable bonds is 2. The van der Waals surface area contributed by atoms with Crippen molar-refractivity contribution in [2.75, 3.05) is 13.2 Å². The first-order valence-corrected chi connectivity index (χ1v) is 6.15. The fourth-order valence-electron chi connectivity index (χ4n) is 2.19. The van der Waals surface area contributed by atoms with Gasteiger partial charge in [0.05, 0.1) is 11.7 Å². The Morgan fingerprint density at radius 3 is 3.06 bits per heavy atom. The average Bonchev–Trinajstić information content (AvgIpc) is 2.87. The van der Waals surface area contributed by atoms with Crippen molar-refractivity contribution in [1.29, 1.82) is 0 Å². The fourth-order valence-corrected chi connectivity index (χ4v) is 2.19. The molecule has 0 radical (unpaired) electrons. The lowest BCUT2D eigenvalue weighted by molar-refractivity contribution is 0.0696. The van der Waals surface area contributed by atoms with Crippen molar-refractivity contribution in [3.05, 3.63) is 30.0 Å². The third-order valence-corrected chi connectivity index (χ3v) is 3.26. The Balaban J connectivity index is 1.74. The van der Waals surface area contributed by atoms with Crippen LogP contribution in [0.15, 0.2) is 24.4 Å². The van der Waals surface area contributed by atoms with Gasteiger partial charge >= 0.3 is 0 Å². The highest BCUT2D eigenvalue weighted by molar-refractivity contribution is 5.97. The lowest BCUT2D eigenvalue weighted by atomic mass is 10.1. The van der Waals surface area contributed by atoms with Gasteiger partial charge in [0.2, 0.25) is 0 Å². The van der Waals surface area contributed by atoms with E-state index in [-0.39, 0.29) is 11.9 Å². The molecular formula is C13H15N3O2. The van der Waals surface area contributed by atoms with Crippen molar-refractivity contribution in [2.45, 2.75) is 18.9 Å². The number of fused-ring (bicyclic) bond motifs is 1. The van der Waals surface area contributed by atoms with Crippen LogP contribution in [0.25, 0.3) is 10.9 Å². The van der Waals surface area contributed by atoms with E-state index in [9.17, 15) is 4.79 Å². The van der Waals surface area contributed by atoms with Gasteiger partial charge in [-0.3, -0.25) is 9.89 Å². The maximum absolute atomic E-state index is 12.1. The van der Waals surface area contributed by atoms with E-state index in [0.717, 1.165) is 37.0 Å². The fraction of sp³-hybridized carbons (Fsp3) is 0.385. The number of amides is 1. The van der Waals surface area contributed by atoms with Gasteiger partial charge in [-0.25, -0.2) is 0 Å². The molecule has 0 spiro atoms. The van der Waals surface area contributed by atoms with Crippen molar-refractivity contribution < 1.29 is 9.53 Å². The van der Waals surface area contributed by atoms with E-state index in [2.05, 4.69) is 15.5 Å².